The van der Waals surface area contributed by atoms with Gasteiger partial charge >= 0.3 is 0 Å². The van der Waals surface area contributed by atoms with Crippen molar-refractivity contribution < 1.29 is 14.0 Å². The lowest BCUT2D eigenvalue weighted by Gasteiger charge is -2.15. The molecule has 0 unspecified atom stereocenters. The van der Waals surface area contributed by atoms with E-state index < -0.39 is 5.91 Å². The Hall–Kier alpha value is -2.38. The Balaban J connectivity index is 0.00000243. The number of anilines is 2. The van der Waals surface area contributed by atoms with Gasteiger partial charge in [-0.2, -0.15) is 0 Å². The third-order valence-electron chi connectivity index (χ3n) is 4.37. The van der Waals surface area contributed by atoms with E-state index in [1.165, 1.54) is 6.26 Å². The van der Waals surface area contributed by atoms with Crippen LogP contribution >= 0.6 is 12.4 Å². The number of carbonyl (C=O) groups is 2. The van der Waals surface area contributed by atoms with E-state index in [-0.39, 0.29) is 36.5 Å². The minimum Gasteiger partial charge on any atom is -0.447 e. The van der Waals surface area contributed by atoms with Crippen LogP contribution in [0, 0.1) is 12.8 Å². The molecule has 1 aliphatic carbocycles. The van der Waals surface area contributed by atoms with Crippen LogP contribution in [-0.2, 0) is 11.3 Å². The van der Waals surface area contributed by atoms with Crippen molar-refractivity contribution in [3.05, 3.63) is 41.6 Å². The molecule has 2 aromatic rings. The van der Waals surface area contributed by atoms with Crippen LogP contribution in [0.5, 0.6) is 0 Å². The molecule has 8 heteroatoms. The van der Waals surface area contributed by atoms with Crippen LogP contribution in [0.1, 0.15) is 47.6 Å². The van der Waals surface area contributed by atoms with Gasteiger partial charge in [0.05, 0.1) is 17.9 Å². The highest BCUT2D eigenvalue weighted by atomic mass is 35.5. The first-order chi connectivity index (χ1) is 12.1. The summed E-state index contributed by atoms with van der Waals surface area (Å²) in [5.41, 5.74) is 7.67. The zero-order chi connectivity index (χ0) is 17.8. The lowest BCUT2D eigenvalue weighted by atomic mass is 10.1. The predicted octanol–water partition coefficient (Wildman–Crippen LogP) is 3.24. The Morgan fingerprint density at radius 3 is 2.62 bits per heavy atom. The standard InChI is InChI=1S/C18H22N4O3.ClH/c1-11-6-7-13(21-17(23)12-4-2-3-5-12)14(8-11)22-18(24)15-10-25-16(9-19)20-15;/h6-8,10,12H,2-5,9,19H2,1H3,(H,21,23)(H,22,24);1H. The molecule has 3 rings (SSSR count). The smallest absolute Gasteiger partial charge is 0.277 e. The van der Waals surface area contributed by atoms with Gasteiger partial charge in [-0.05, 0) is 37.5 Å². The van der Waals surface area contributed by atoms with Crippen LogP contribution < -0.4 is 16.4 Å². The van der Waals surface area contributed by atoms with Gasteiger partial charge in [0.15, 0.2) is 5.69 Å². The molecule has 0 bridgehead atoms. The molecule has 1 aromatic heterocycles. The largest absolute Gasteiger partial charge is 0.447 e. The molecule has 4 N–H and O–H groups in total. The molecule has 140 valence electrons. The van der Waals surface area contributed by atoms with Gasteiger partial charge in [-0.3, -0.25) is 9.59 Å². The molecule has 1 fully saturated rings. The van der Waals surface area contributed by atoms with Crippen molar-refractivity contribution in [2.45, 2.75) is 39.2 Å². The molecule has 0 atom stereocenters. The highest BCUT2D eigenvalue weighted by molar-refractivity contribution is 6.06. The van der Waals surface area contributed by atoms with Gasteiger partial charge in [0.25, 0.3) is 5.91 Å². The van der Waals surface area contributed by atoms with Gasteiger partial charge in [0, 0.05) is 5.92 Å². The highest BCUT2D eigenvalue weighted by Gasteiger charge is 2.23. The van der Waals surface area contributed by atoms with Crippen LogP contribution in [-0.4, -0.2) is 16.8 Å². The third-order valence-corrected chi connectivity index (χ3v) is 4.37. The second-order valence-corrected chi connectivity index (χ2v) is 6.30. The molecule has 26 heavy (non-hydrogen) atoms. The number of amides is 2. The van der Waals surface area contributed by atoms with E-state index in [9.17, 15) is 9.59 Å². The van der Waals surface area contributed by atoms with Crippen LogP contribution in [0.2, 0.25) is 0 Å². The quantitative estimate of drug-likeness (QED) is 0.739. The molecule has 0 aliphatic heterocycles. The van der Waals surface area contributed by atoms with Gasteiger partial charge in [-0.25, -0.2) is 4.98 Å². The lowest BCUT2D eigenvalue weighted by molar-refractivity contribution is -0.119. The van der Waals surface area contributed by atoms with Crippen LogP contribution in [0.15, 0.2) is 28.9 Å². The maximum absolute atomic E-state index is 12.4. The van der Waals surface area contributed by atoms with E-state index in [0.29, 0.717) is 17.3 Å². The Morgan fingerprint density at radius 2 is 1.96 bits per heavy atom. The molecule has 1 saturated carbocycles. The Labute approximate surface area is 158 Å². The highest BCUT2D eigenvalue weighted by Crippen LogP contribution is 2.29. The molecule has 7 nitrogen and oxygen atoms in total. The van der Waals surface area contributed by atoms with Crippen molar-refractivity contribution in [1.82, 2.24) is 4.98 Å². The SMILES string of the molecule is Cc1ccc(NC(=O)C2CCCC2)c(NC(=O)c2coc(CN)n2)c1.Cl. The van der Waals surface area contributed by atoms with E-state index in [0.717, 1.165) is 31.2 Å². The van der Waals surface area contributed by atoms with Gasteiger partial charge in [-0.1, -0.05) is 18.9 Å². The summed E-state index contributed by atoms with van der Waals surface area (Å²) in [6, 6.07) is 5.50. The number of carbonyl (C=O) groups excluding carboxylic acids is 2. The third kappa shape index (κ3) is 4.62. The van der Waals surface area contributed by atoms with Crippen molar-refractivity contribution in [2.75, 3.05) is 10.6 Å². The number of aryl methyl sites for hydroxylation is 1. The normalized spacial score (nSPS) is 13.9. The van der Waals surface area contributed by atoms with E-state index in [4.69, 9.17) is 10.2 Å². The summed E-state index contributed by atoms with van der Waals surface area (Å²) >= 11 is 0. The van der Waals surface area contributed by atoms with Crippen LogP contribution in [0.25, 0.3) is 0 Å². The fourth-order valence-corrected chi connectivity index (χ4v) is 2.99. The minimum atomic E-state index is -0.412. The van der Waals surface area contributed by atoms with Crippen molar-refractivity contribution in [3.63, 3.8) is 0 Å². The first-order valence-corrected chi connectivity index (χ1v) is 8.44. The molecule has 0 saturated heterocycles. The average Bonchev–Trinajstić information content (AvgIpc) is 3.28. The molecule has 1 heterocycles. The summed E-state index contributed by atoms with van der Waals surface area (Å²) in [4.78, 5) is 28.8. The minimum absolute atomic E-state index is 0. The molecule has 1 aliphatic rings. The lowest BCUT2D eigenvalue weighted by Crippen LogP contribution is -2.22. The van der Waals surface area contributed by atoms with Crippen LogP contribution in [0.4, 0.5) is 11.4 Å². The van der Waals surface area contributed by atoms with E-state index in [2.05, 4.69) is 15.6 Å². The monoisotopic (exact) mass is 378 g/mol. The number of nitrogens with zero attached hydrogens (tertiary/aromatic N) is 1. The first-order valence-electron chi connectivity index (χ1n) is 8.44. The molecular formula is C18H23ClN4O3. The predicted molar refractivity (Wildman–Crippen MR) is 101 cm³/mol. The summed E-state index contributed by atoms with van der Waals surface area (Å²) in [6.45, 7) is 2.04. The van der Waals surface area contributed by atoms with Gasteiger partial charge in [0.2, 0.25) is 11.8 Å². The summed E-state index contributed by atoms with van der Waals surface area (Å²) in [5, 5.41) is 5.72. The number of rotatable bonds is 5. The molecule has 2 amide bonds. The van der Waals surface area contributed by atoms with Crippen molar-refractivity contribution in [1.29, 1.82) is 0 Å². The number of halogens is 1. The Bertz CT molecular complexity index is 784. The number of nitrogens with two attached hydrogens (primary N) is 1. The number of hydrogen-bond acceptors (Lipinski definition) is 5. The van der Waals surface area contributed by atoms with Crippen LogP contribution in [0.3, 0.4) is 0 Å². The summed E-state index contributed by atoms with van der Waals surface area (Å²) in [5.74, 6) is -0.0641. The van der Waals surface area contributed by atoms with Crippen molar-refractivity contribution >= 4 is 35.6 Å². The summed E-state index contributed by atoms with van der Waals surface area (Å²) < 4.78 is 5.09. The number of benzene rings is 1. The molecule has 1 aromatic carbocycles. The van der Waals surface area contributed by atoms with E-state index in [1.54, 1.807) is 6.07 Å². The number of hydrogen-bond donors (Lipinski definition) is 3. The summed E-state index contributed by atoms with van der Waals surface area (Å²) in [7, 11) is 0. The Morgan fingerprint density at radius 1 is 1.23 bits per heavy atom. The second-order valence-electron chi connectivity index (χ2n) is 6.30. The van der Waals surface area contributed by atoms with Crippen molar-refractivity contribution in [3.8, 4) is 0 Å². The molecule has 0 radical (unpaired) electrons. The van der Waals surface area contributed by atoms with Crippen molar-refractivity contribution in [2.24, 2.45) is 11.7 Å². The molecule has 0 spiro atoms. The zero-order valence-electron chi connectivity index (χ0n) is 14.6. The second kappa shape index (κ2) is 8.82. The number of nitrogens with one attached hydrogen (secondary N) is 2. The summed E-state index contributed by atoms with van der Waals surface area (Å²) in [6.07, 6.45) is 5.28. The molecular weight excluding hydrogens is 356 g/mol. The average molecular weight is 379 g/mol. The van der Waals surface area contributed by atoms with Gasteiger partial charge in [0.1, 0.15) is 6.26 Å². The Kier molecular flexibility index (Phi) is 6.76. The fourth-order valence-electron chi connectivity index (χ4n) is 2.99. The zero-order valence-corrected chi connectivity index (χ0v) is 15.4. The number of oxazole rings is 1. The van der Waals surface area contributed by atoms with E-state index >= 15 is 0 Å². The topological polar surface area (TPSA) is 110 Å². The van der Waals surface area contributed by atoms with Gasteiger partial charge in [-0.15, -0.1) is 12.4 Å². The maximum Gasteiger partial charge on any atom is 0.277 e. The first kappa shape index (κ1) is 19.9. The maximum atomic E-state index is 12.4. The van der Waals surface area contributed by atoms with Gasteiger partial charge < -0.3 is 20.8 Å². The van der Waals surface area contributed by atoms with E-state index in [1.807, 2.05) is 19.1 Å². The number of aromatic nitrogens is 1. The fraction of sp³-hybridized carbons (Fsp3) is 0.389.